The van der Waals surface area contributed by atoms with Gasteiger partial charge in [-0.3, -0.25) is 0 Å². The third-order valence-corrected chi connectivity index (χ3v) is 5.45. The van der Waals surface area contributed by atoms with Crippen LogP contribution in [0.1, 0.15) is 0 Å². The molecule has 0 amide bonds. The number of rotatable bonds is 4. The highest BCUT2D eigenvalue weighted by molar-refractivity contribution is 7.13. The van der Waals surface area contributed by atoms with Crippen LogP contribution in [0.2, 0.25) is 0 Å². The molecule has 4 aromatic rings. The average Bonchev–Trinajstić information content (AvgIpc) is 3.32. The highest BCUT2D eigenvalue weighted by Gasteiger charge is 2.18. The van der Waals surface area contributed by atoms with Crippen LogP contribution >= 0.6 is 22.7 Å². The summed E-state index contributed by atoms with van der Waals surface area (Å²) in [5.41, 5.74) is 1.98. The lowest BCUT2D eigenvalue weighted by atomic mass is 10.0. The van der Waals surface area contributed by atoms with Crippen LogP contribution in [0.4, 0.5) is 0 Å². The molecule has 4 nitrogen and oxygen atoms in total. The monoisotopic (exact) mass is 354 g/mol. The maximum absolute atomic E-state index is 5.71. The highest BCUT2D eigenvalue weighted by atomic mass is 32.1. The third-order valence-electron chi connectivity index (χ3n) is 3.84. The van der Waals surface area contributed by atoms with Crippen molar-refractivity contribution in [3.05, 3.63) is 47.4 Å². The van der Waals surface area contributed by atoms with E-state index in [1.165, 1.54) is 0 Å². The summed E-state index contributed by atoms with van der Waals surface area (Å²) in [5, 5.41) is 7.81. The second-order valence-electron chi connectivity index (χ2n) is 5.06. The number of hydrogen-bond donors (Lipinski definition) is 0. The molecule has 0 bridgehead atoms. The summed E-state index contributed by atoms with van der Waals surface area (Å²) in [6.45, 7) is 0. The summed E-state index contributed by atoms with van der Waals surface area (Å²) in [5.74, 6) is 1.62. The quantitative estimate of drug-likeness (QED) is 0.511. The van der Waals surface area contributed by atoms with Crippen molar-refractivity contribution >= 4 is 33.4 Å². The molecule has 0 N–H and O–H groups in total. The molecule has 4 rings (SSSR count). The number of fused-ring (bicyclic) bond motifs is 1. The summed E-state index contributed by atoms with van der Waals surface area (Å²) >= 11 is 3.19. The Morgan fingerprint density at radius 3 is 1.50 bits per heavy atom. The van der Waals surface area contributed by atoms with Crippen molar-refractivity contribution in [3.63, 3.8) is 0 Å². The minimum Gasteiger partial charge on any atom is -0.495 e. The molecule has 2 aromatic carbocycles. The van der Waals surface area contributed by atoms with Crippen LogP contribution in [0.3, 0.4) is 0 Å². The molecule has 2 aromatic heterocycles. The molecule has 0 saturated heterocycles. The van der Waals surface area contributed by atoms with Gasteiger partial charge in [0.05, 0.1) is 25.3 Å². The van der Waals surface area contributed by atoms with Crippen molar-refractivity contribution < 1.29 is 9.47 Å². The molecule has 0 unspecified atom stereocenters. The van der Waals surface area contributed by atoms with E-state index in [0.29, 0.717) is 0 Å². The van der Waals surface area contributed by atoms with Gasteiger partial charge in [0, 0.05) is 33.9 Å². The second-order valence-corrected chi connectivity index (χ2v) is 6.85. The zero-order chi connectivity index (χ0) is 16.5. The summed E-state index contributed by atoms with van der Waals surface area (Å²) in [4.78, 5) is 8.80. The van der Waals surface area contributed by atoms with Crippen LogP contribution in [0.15, 0.2) is 47.4 Å². The van der Waals surface area contributed by atoms with Crippen molar-refractivity contribution in [1.82, 2.24) is 9.97 Å². The number of methoxy groups -OCH3 is 2. The molecule has 0 aliphatic heterocycles. The van der Waals surface area contributed by atoms with Gasteiger partial charge in [0.15, 0.2) is 0 Å². The summed E-state index contributed by atoms with van der Waals surface area (Å²) in [6.07, 6.45) is 3.60. The fourth-order valence-electron chi connectivity index (χ4n) is 2.84. The fourth-order valence-corrected chi connectivity index (χ4v) is 4.16. The maximum Gasteiger partial charge on any atom is 0.137 e. The van der Waals surface area contributed by atoms with Crippen molar-refractivity contribution in [2.24, 2.45) is 0 Å². The van der Waals surface area contributed by atoms with Crippen molar-refractivity contribution in [2.75, 3.05) is 14.2 Å². The Morgan fingerprint density at radius 2 is 1.17 bits per heavy atom. The Labute approximate surface area is 147 Å². The Morgan fingerprint density at radius 1 is 0.708 bits per heavy atom. The molecule has 0 spiro atoms. The van der Waals surface area contributed by atoms with E-state index in [4.69, 9.17) is 9.47 Å². The van der Waals surface area contributed by atoms with Crippen LogP contribution in [-0.4, -0.2) is 24.2 Å². The van der Waals surface area contributed by atoms with Gasteiger partial charge < -0.3 is 9.47 Å². The van der Waals surface area contributed by atoms with Gasteiger partial charge in [-0.05, 0) is 24.3 Å². The fraction of sp³-hybridized carbons (Fsp3) is 0.111. The predicted molar refractivity (Wildman–Crippen MR) is 99.3 cm³/mol. The molecule has 0 atom stereocenters. The Kier molecular flexibility index (Phi) is 3.92. The summed E-state index contributed by atoms with van der Waals surface area (Å²) < 4.78 is 11.4. The van der Waals surface area contributed by atoms with Gasteiger partial charge in [-0.25, -0.2) is 9.97 Å². The minimum absolute atomic E-state index is 0.812. The van der Waals surface area contributed by atoms with E-state index in [9.17, 15) is 0 Å². The Bertz CT molecular complexity index is 899. The number of ether oxygens (including phenoxy) is 2. The van der Waals surface area contributed by atoms with E-state index < -0.39 is 0 Å². The van der Waals surface area contributed by atoms with E-state index in [2.05, 4.69) is 22.1 Å². The van der Waals surface area contributed by atoms with Crippen molar-refractivity contribution in [2.45, 2.75) is 0 Å². The van der Waals surface area contributed by atoms with Crippen LogP contribution in [-0.2, 0) is 0 Å². The van der Waals surface area contributed by atoms with Crippen molar-refractivity contribution in [1.29, 1.82) is 0 Å². The number of benzene rings is 2. The van der Waals surface area contributed by atoms with Crippen LogP contribution < -0.4 is 9.47 Å². The molecule has 24 heavy (non-hydrogen) atoms. The minimum atomic E-state index is 0.812. The highest BCUT2D eigenvalue weighted by Crippen LogP contribution is 2.44. The van der Waals surface area contributed by atoms with Crippen LogP contribution in [0, 0.1) is 0 Å². The first kappa shape index (κ1) is 15.1. The predicted octanol–water partition coefficient (Wildman–Crippen LogP) is 5.10. The van der Waals surface area contributed by atoms with Crippen LogP contribution in [0.5, 0.6) is 11.5 Å². The Balaban J connectivity index is 2.00. The molecule has 0 radical (unpaired) electrons. The van der Waals surface area contributed by atoms with Crippen molar-refractivity contribution in [3.8, 4) is 32.6 Å². The van der Waals surface area contributed by atoms with E-state index >= 15 is 0 Å². The first-order valence-corrected chi connectivity index (χ1v) is 9.07. The van der Waals surface area contributed by atoms with Gasteiger partial charge in [-0.2, -0.15) is 0 Å². The topological polar surface area (TPSA) is 44.2 Å². The van der Waals surface area contributed by atoms with Gasteiger partial charge in [0.25, 0.3) is 0 Å². The average molecular weight is 354 g/mol. The normalized spacial score (nSPS) is 10.9. The summed E-state index contributed by atoms with van der Waals surface area (Å²) in [7, 11) is 3.38. The lowest BCUT2D eigenvalue weighted by Crippen LogP contribution is -1.94. The number of nitrogens with zero attached hydrogens (tertiary/aromatic N) is 2. The lowest BCUT2D eigenvalue weighted by molar-refractivity contribution is 0.417. The van der Waals surface area contributed by atoms with E-state index in [1.54, 1.807) is 49.3 Å². The molecular weight excluding hydrogens is 340 g/mol. The van der Waals surface area contributed by atoms with Gasteiger partial charge in [0.1, 0.15) is 21.5 Å². The number of aromatic nitrogens is 2. The molecule has 0 fully saturated rings. The van der Waals surface area contributed by atoms with Gasteiger partial charge in [-0.1, -0.05) is 0 Å². The zero-order valence-electron chi connectivity index (χ0n) is 13.1. The molecule has 120 valence electrons. The molecular formula is C18H14N2O2S2. The Hall–Kier alpha value is -2.44. The number of thiazole rings is 2. The lowest BCUT2D eigenvalue weighted by Gasteiger charge is -2.14. The molecule has 2 heterocycles. The third kappa shape index (κ3) is 2.35. The SMILES string of the molecule is COc1c(-c2nccs2)ccc2c(OC)c(-c3nccs3)ccc12. The largest absolute Gasteiger partial charge is 0.495 e. The van der Waals surface area contributed by atoms with Crippen LogP contribution in [0.25, 0.3) is 31.9 Å². The first-order valence-electron chi connectivity index (χ1n) is 7.31. The molecule has 6 heteroatoms. The van der Waals surface area contributed by atoms with E-state index in [-0.39, 0.29) is 0 Å². The first-order chi connectivity index (χ1) is 11.8. The molecule has 0 saturated carbocycles. The second kappa shape index (κ2) is 6.22. The zero-order valence-corrected chi connectivity index (χ0v) is 14.8. The van der Waals surface area contributed by atoms with Gasteiger partial charge >= 0.3 is 0 Å². The van der Waals surface area contributed by atoms with Gasteiger partial charge in [-0.15, -0.1) is 22.7 Å². The standard InChI is InChI=1S/C18H14N2O2S2/c1-21-15-11-3-6-14(18-20-8-10-24-18)16(22-2)12(11)4-5-13(15)17-19-7-9-23-17/h3-10H,1-2H3. The van der Waals surface area contributed by atoms with Gasteiger partial charge in [0.2, 0.25) is 0 Å². The molecule has 0 aliphatic rings. The maximum atomic E-state index is 5.71. The van der Waals surface area contributed by atoms with E-state index in [0.717, 1.165) is 43.4 Å². The van der Waals surface area contributed by atoms with E-state index in [1.807, 2.05) is 22.9 Å². The molecule has 0 aliphatic carbocycles. The smallest absolute Gasteiger partial charge is 0.137 e. The summed E-state index contributed by atoms with van der Waals surface area (Å²) in [6, 6.07) is 8.19. The number of hydrogen-bond acceptors (Lipinski definition) is 6.